The number of aliphatic hydroxyl groups is 3. The van der Waals surface area contributed by atoms with E-state index in [2.05, 4.69) is 9.47 Å². The van der Waals surface area contributed by atoms with Crippen molar-refractivity contribution in [1.29, 1.82) is 0 Å². The molecule has 0 aromatic heterocycles. The molecule has 0 amide bonds. The van der Waals surface area contributed by atoms with Crippen LogP contribution in [-0.4, -0.2) is 73.6 Å². The first kappa shape index (κ1) is 25.4. The number of carbonyl (C=O) groups is 4. The minimum absolute atomic E-state index is 0.129. The van der Waals surface area contributed by atoms with Gasteiger partial charge in [0.05, 0.1) is 45.2 Å². The number of allylic oxidation sites excluding steroid dienone is 2. The molecule has 0 bridgehead atoms. The van der Waals surface area contributed by atoms with Crippen LogP contribution < -0.4 is 0 Å². The number of ether oxygens (including phenoxy) is 3. The van der Waals surface area contributed by atoms with E-state index >= 15 is 0 Å². The molecule has 0 fully saturated rings. The van der Waals surface area contributed by atoms with Crippen molar-refractivity contribution in [3.8, 4) is 0 Å². The van der Waals surface area contributed by atoms with Crippen LogP contribution in [0.2, 0.25) is 0 Å². The third-order valence-corrected chi connectivity index (χ3v) is 6.09. The van der Waals surface area contributed by atoms with E-state index in [-0.39, 0.29) is 25.0 Å². The molecule has 1 heterocycles. The standard InChI is InChI=1S/2C11H14O5/c1-15-10(13)8-5-16-11(14)9-6(4-12)2-3-7(8)9;1-16-11(15)10(6-14)8-3-2-7(4-12)9(8)5-13/h2,5,7,9,11-12,14H,3-4H2,1H3;2,5-6,8-10,12H,3-4H2,1H3. The molecule has 2 aliphatic carbocycles. The van der Waals surface area contributed by atoms with Crippen LogP contribution in [0.4, 0.5) is 0 Å². The molecule has 0 saturated heterocycles. The molecular formula is C22H28O10. The predicted molar refractivity (Wildman–Crippen MR) is 108 cm³/mol. The van der Waals surface area contributed by atoms with Crippen LogP contribution in [0.1, 0.15) is 12.8 Å². The van der Waals surface area contributed by atoms with Gasteiger partial charge in [-0.25, -0.2) is 4.79 Å². The SMILES string of the molecule is COC(=O)C(C=O)C1CC=C(CO)C1C=O.COC(=O)C1=COC(O)C2C(CO)=CCC12. The molecule has 0 radical (unpaired) electrons. The molecule has 6 atom stereocenters. The molecule has 32 heavy (non-hydrogen) atoms. The maximum absolute atomic E-state index is 11.5. The van der Waals surface area contributed by atoms with Gasteiger partial charge in [0.1, 0.15) is 18.5 Å². The highest BCUT2D eigenvalue weighted by Gasteiger charge is 2.43. The largest absolute Gasteiger partial charge is 0.472 e. The Kier molecular flexibility index (Phi) is 9.30. The van der Waals surface area contributed by atoms with E-state index in [0.29, 0.717) is 42.1 Å². The molecule has 0 saturated carbocycles. The minimum Gasteiger partial charge on any atom is -0.472 e. The second-order valence-electron chi connectivity index (χ2n) is 7.58. The monoisotopic (exact) mass is 452 g/mol. The molecule has 176 valence electrons. The van der Waals surface area contributed by atoms with E-state index in [9.17, 15) is 24.3 Å². The molecule has 0 aromatic carbocycles. The molecule has 6 unspecified atom stereocenters. The third kappa shape index (κ3) is 5.14. The lowest BCUT2D eigenvalue weighted by Crippen LogP contribution is -2.35. The lowest BCUT2D eigenvalue weighted by molar-refractivity contribution is -0.149. The summed E-state index contributed by atoms with van der Waals surface area (Å²) in [5, 5.41) is 27.8. The Morgan fingerprint density at radius 2 is 1.78 bits per heavy atom. The summed E-state index contributed by atoms with van der Waals surface area (Å²) in [6.45, 7) is -0.358. The summed E-state index contributed by atoms with van der Waals surface area (Å²) in [7, 11) is 2.50. The second-order valence-corrected chi connectivity index (χ2v) is 7.58. The minimum atomic E-state index is -1.00. The molecule has 10 heteroatoms. The summed E-state index contributed by atoms with van der Waals surface area (Å²) < 4.78 is 14.2. The average molecular weight is 452 g/mol. The van der Waals surface area contributed by atoms with Gasteiger partial charge in [-0.05, 0) is 29.9 Å². The third-order valence-electron chi connectivity index (χ3n) is 6.09. The number of methoxy groups -OCH3 is 2. The molecule has 3 aliphatic rings. The summed E-state index contributed by atoms with van der Waals surface area (Å²) in [6.07, 6.45) is 6.00. The van der Waals surface area contributed by atoms with Gasteiger partial charge in [0.2, 0.25) is 6.29 Å². The number of hydrogen-bond acceptors (Lipinski definition) is 10. The van der Waals surface area contributed by atoms with E-state index in [1.54, 1.807) is 6.08 Å². The molecular weight excluding hydrogens is 424 g/mol. The van der Waals surface area contributed by atoms with Gasteiger partial charge in [0, 0.05) is 11.8 Å². The van der Waals surface area contributed by atoms with Crippen LogP contribution in [0.5, 0.6) is 0 Å². The number of aldehydes is 2. The van der Waals surface area contributed by atoms with E-state index in [1.165, 1.54) is 20.5 Å². The smallest absolute Gasteiger partial charge is 0.337 e. The normalized spacial score (nSPS) is 29.0. The maximum atomic E-state index is 11.5. The fraction of sp³-hybridized carbons (Fsp3) is 0.545. The first-order valence-electron chi connectivity index (χ1n) is 10.1. The van der Waals surface area contributed by atoms with E-state index in [1.807, 2.05) is 6.08 Å². The van der Waals surface area contributed by atoms with Gasteiger partial charge in [-0.1, -0.05) is 12.2 Å². The number of aliphatic hydroxyl groups excluding tert-OH is 3. The van der Waals surface area contributed by atoms with Crippen molar-refractivity contribution in [1.82, 2.24) is 0 Å². The van der Waals surface area contributed by atoms with Gasteiger partial charge < -0.3 is 39.1 Å². The average Bonchev–Trinajstić information content (AvgIpc) is 3.44. The Labute approximate surface area is 185 Å². The molecule has 0 aromatic rings. The highest BCUT2D eigenvalue weighted by Crippen LogP contribution is 2.42. The fourth-order valence-corrected chi connectivity index (χ4v) is 4.36. The molecule has 3 rings (SSSR count). The van der Waals surface area contributed by atoms with Crippen molar-refractivity contribution in [2.45, 2.75) is 19.1 Å². The van der Waals surface area contributed by atoms with E-state index < -0.39 is 36.0 Å². The molecule has 1 aliphatic heterocycles. The quantitative estimate of drug-likeness (QED) is 0.202. The van der Waals surface area contributed by atoms with Crippen molar-refractivity contribution in [2.75, 3.05) is 27.4 Å². The van der Waals surface area contributed by atoms with E-state index in [4.69, 9.17) is 14.9 Å². The Morgan fingerprint density at radius 1 is 1.12 bits per heavy atom. The maximum Gasteiger partial charge on any atom is 0.337 e. The summed E-state index contributed by atoms with van der Waals surface area (Å²) in [4.78, 5) is 44.5. The topological polar surface area (TPSA) is 157 Å². The fourth-order valence-electron chi connectivity index (χ4n) is 4.36. The van der Waals surface area contributed by atoms with Crippen molar-refractivity contribution < 1.29 is 48.7 Å². The van der Waals surface area contributed by atoms with Gasteiger partial charge in [0.15, 0.2) is 0 Å². The number of esters is 2. The zero-order valence-corrected chi connectivity index (χ0v) is 17.9. The van der Waals surface area contributed by atoms with Crippen molar-refractivity contribution >= 4 is 24.5 Å². The summed E-state index contributed by atoms with van der Waals surface area (Å²) in [5.41, 5.74) is 1.69. The number of rotatable bonds is 7. The number of fused-ring (bicyclic) bond motifs is 1. The molecule has 0 spiro atoms. The second kappa shape index (κ2) is 11.7. The van der Waals surface area contributed by atoms with Crippen LogP contribution in [0.25, 0.3) is 0 Å². The zero-order chi connectivity index (χ0) is 23.8. The zero-order valence-electron chi connectivity index (χ0n) is 17.9. The first-order valence-corrected chi connectivity index (χ1v) is 10.1. The van der Waals surface area contributed by atoms with Gasteiger partial charge in [0.25, 0.3) is 0 Å². The van der Waals surface area contributed by atoms with Gasteiger partial charge in [-0.3, -0.25) is 4.79 Å². The number of hydrogen-bond donors (Lipinski definition) is 3. The van der Waals surface area contributed by atoms with E-state index in [0.717, 1.165) is 0 Å². The Balaban J connectivity index is 0.000000227. The summed E-state index contributed by atoms with van der Waals surface area (Å²) in [5.74, 6) is -3.53. The Morgan fingerprint density at radius 3 is 2.31 bits per heavy atom. The van der Waals surface area contributed by atoms with Crippen LogP contribution in [0.15, 0.2) is 35.1 Å². The Bertz CT molecular complexity index is 812. The van der Waals surface area contributed by atoms with Gasteiger partial charge >= 0.3 is 11.9 Å². The lowest BCUT2D eigenvalue weighted by atomic mass is 9.82. The van der Waals surface area contributed by atoms with Crippen molar-refractivity contribution in [3.63, 3.8) is 0 Å². The highest BCUT2D eigenvalue weighted by atomic mass is 16.6. The predicted octanol–water partition coefficient (Wildman–Crippen LogP) is -0.325. The number of carbonyl (C=O) groups excluding carboxylic acids is 4. The van der Waals surface area contributed by atoms with Crippen LogP contribution >= 0.6 is 0 Å². The Hall–Kier alpha value is -2.82. The molecule has 10 nitrogen and oxygen atoms in total. The molecule has 3 N–H and O–H groups in total. The van der Waals surface area contributed by atoms with Crippen molar-refractivity contribution in [2.24, 2.45) is 29.6 Å². The van der Waals surface area contributed by atoms with Gasteiger partial charge in [-0.2, -0.15) is 0 Å². The highest BCUT2D eigenvalue weighted by molar-refractivity contribution is 5.89. The summed E-state index contributed by atoms with van der Waals surface area (Å²) >= 11 is 0. The van der Waals surface area contributed by atoms with Crippen LogP contribution in [0.3, 0.4) is 0 Å². The summed E-state index contributed by atoms with van der Waals surface area (Å²) in [6, 6.07) is 0. The first-order chi connectivity index (χ1) is 15.4. The van der Waals surface area contributed by atoms with Crippen molar-refractivity contribution in [3.05, 3.63) is 35.1 Å². The van der Waals surface area contributed by atoms with Gasteiger partial charge in [-0.15, -0.1) is 0 Å². The lowest BCUT2D eigenvalue weighted by Gasteiger charge is -2.31. The van der Waals surface area contributed by atoms with Crippen LogP contribution in [0, 0.1) is 29.6 Å². The van der Waals surface area contributed by atoms with Crippen LogP contribution in [-0.2, 0) is 33.4 Å².